The summed E-state index contributed by atoms with van der Waals surface area (Å²) in [5.74, 6) is 0.200. The lowest BCUT2D eigenvalue weighted by atomic mass is 9.99. The zero-order chi connectivity index (χ0) is 23.6. The lowest BCUT2D eigenvalue weighted by molar-refractivity contribution is -0.115. The highest BCUT2D eigenvalue weighted by atomic mass is 32.2. The summed E-state index contributed by atoms with van der Waals surface area (Å²) in [7, 11) is -2.18. The third-order valence-electron chi connectivity index (χ3n) is 6.79. The summed E-state index contributed by atoms with van der Waals surface area (Å²) in [6, 6.07) is 4.59. The molecule has 0 spiro atoms. The summed E-state index contributed by atoms with van der Waals surface area (Å²) in [5, 5.41) is 2.88. The van der Waals surface area contributed by atoms with E-state index in [2.05, 4.69) is 5.32 Å². The van der Waals surface area contributed by atoms with E-state index in [1.165, 1.54) is 23.5 Å². The predicted octanol–water partition coefficient (Wildman–Crippen LogP) is 4.36. The fourth-order valence-corrected chi connectivity index (χ4v) is 6.60. The molecule has 178 valence electrons. The van der Waals surface area contributed by atoms with Crippen LogP contribution < -0.4 is 10.1 Å². The second-order valence-corrected chi connectivity index (χ2v) is 11.0. The van der Waals surface area contributed by atoms with Crippen LogP contribution in [0.2, 0.25) is 0 Å². The molecule has 1 aromatic carbocycles. The Hall–Kier alpha value is -2.45. The second kappa shape index (κ2) is 9.81. The first-order valence-electron chi connectivity index (χ1n) is 11.8. The van der Waals surface area contributed by atoms with Gasteiger partial charge in [0, 0.05) is 30.7 Å². The van der Waals surface area contributed by atoms with Gasteiger partial charge in [-0.15, -0.1) is 0 Å². The summed E-state index contributed by atoms with van der Waals surface area (Å²) < 4.78 is 33.5. The van der Waals surface area contributed by atoms with Gasteiger partial charge in [0.15, 0.2) is 5.78 Å². The molecule has 1 aliphatic heterocycles. The molecule has 0 unspecified atom stereocenters. The van der Waals surface area contributed by atoms with Crippen LogP contribution in [0.4, 0.5) is 5.69 Å². The molecular weight excluding hydrogens is 440 g/mol. The quantitative estimate of drug-likeness (QED) is 0.687. The first-order valence-corrected chi connectivity index (χ1v) is 13.2. The molecule has 1 saturated heterocycles. The molecule has 0 atom stereocenters. The number of methoxy groups -OCH3 is 1. The molecule has 1 amide bonds. The Morgan fingerprint density at radius 3 is 2.42 bits per heavy atom. The number of allylic oxidation sites excluding steroid dienone is 3. The van der Waals surface area contributed by atoms with Gasteiger partial charge in [0.05, 0.1) is 17.7 Å². The minimum atomic E-state index is -3.67. The Kier molecular flexibility index (Phi) is 7.05. The van der Waals surface area contributed by atoms with E-state index in [4.69, 9.17) is 4.74 Å². The minimum absolute atomic E-state index is 0.117. The molecule has 1 aromatic rings. The average molecular weight is 473 g/mol. The Bertz CT molecular complexity index is 1130. The van der Waals surface area contributed by atoms with Crippen molar-refractivity contribution in [3.05, 3.63) is 40.5 Å². The molecule has 1 saturated carbocycles. The van der Waals surface area contributed by atoms with Gasteiger partial charge < -0.3 is 10.1 Å². The van der Waals surface area contributed by atoms with Crippen LogP contribution in [0.3, 0.4) is 0 Å². The number of amides is 1. The van der Waals surface area contributed by atoms with E-state index in [-0.39, 0.29) is 16.6 Å². The molecule has 8 heteroatoms. The molecule has 33 heavy (non-hydrogen) atoms. The summed E-state index contributed by atoms with van der Waals surface area (Å²) >= 11 is 0. The van der Waals surface area contributed by atoms with Crippen molar-refractivity contribution in [2.24, 2.45) is 0 Å². The normalized spacial score (nSPS) is 20.4. The van der Waals surface area contributed by atoms with Crippen molar-refractivity contribution in [3.63, 3.8) is 0 Å². The zero-order valence-electron chi connectivity index (χ0n) is 19.4. The summed E-state index contributed by atoms with van der Waals surface area (Å²) in [5.41, 5.74) is 3.42. The van der Waals surface area contributed by atoms with Crippen molar-refractivity contribution in [1.82, 2.24) is 4.31 Å². The molecule has 1 N–H and O–H groups in total. The highest BCUT2D eigenvalue weighted by Crippen LogP contribution is 2.40. The molecular formula is C25H32N2O5S. The topological polar surface area (TPSA) is 92.8 Å². The van der Waals surface area contributed by atoms with E-state index in [0.717, 1.165) is 55.2 Å². The number of benzene rings is 1. The van der Waals surface area contributed by atoms with Crippen LogP contribution in [0.25, 0.3) is 0 Å². The summed E-state index contributed by atoms with van der Waals surface area (Å²) in [4.78, 5) is 26.0. The average Bonchev–Trinajstić information content (AvgIpc) is 2.99. The lowest BCUT2D eigenvalue weighted by Crippen LogP contribution is -2.32. The van der Waals surface area contributed by atoms with Gasteiger partial charge >= 0.3 is 0 Å². The number of sulfonamides is 1. The fourth-order valence-electron chi connectivity index (χ4n) is 5.05. The van der Waals surface area contributed by atoms with Gasteiger partial charge in [-0.25, -0.2) is 8.42 Å². The van der Waals surface area contributed by atoms with Gasteiger partial charge in [0.25, 0.3) is 5.91 Å². The molecule has 4 rings (SSSR count). The number of carbonyl (C=O) groups excluding carboxylic acids is 2. The highest BCUT2D eigenvalue weighted by Gasteiger charge is 2.32. The molecule has 0 radical (unpaired) electrons. The van der Waals surface area contributed by atoms with E-state index in [1.807, 2.05) is 6.92 Å². The number of ether oxygens (including phenoxy) is 1. The summed E-state index contributed by atoms with van der Waals surface area (Å²) in [6.45, 7) is 2.93. The molecule has 7 nitrogen and oxygen atoms in total. The van der Waals surface area contributed by atoms with E-state index in [9.17, 15) is 18.0 Å². The van der Waals surface area contributed by atoms with E-state index in [0.29, 0.717) is 49.4 Å². The minimum Gasteiger partial charge on any atom is -0.495 e. The molecule has 2 aliphatic carbocycles. The fraction of sp³-hybridized carbons (Fsp3) is 0.520. The first-order chi connectivity index (χ1) is 15.8. The van der Waals surface area contributed by atoms with Gasteiger partial charge in [-0.05, 0) is 69.2 Å². The summed E-state index contributed by atoms with van der Waals surface area (Å²) in [6.07, 6.45) is 7.15. The Morgan fingerprint density at radius 2 is 1.73 bits per heavy atom. The maximum atomic E-state index is 13.3. The van der Waals surface area contributed by atoms with E-state index >= 15 is 0 Å². The number of hydrogen-bond acceptors (Lipinski definition) is 5. The van der Waals surface area contributed by atoms with Gasteiger partial charge in [0.2, 0.25) is 10.0 Å². The number of ketones is 1. The number of hydrogen-bond donors (Lipinski definition) is 1. The maximum Gasteiger partial charge on any atom is 0.252 e. The SMILES string of the molecule is COc1ccc(S(=O)(=O)N2CCCCCC2)cc1NC(=O)C1=C2CCCCC(=O)C2=C(C)C1. The zero-order valence-corrected chi connectivity index (χ0v) is 20.2. The molecule has 1 heterocycles. The van der Waals surface area contributed by atoms with Gasteiger partial charge in [-0.3, -0.25) is 9.59 Å². The second-order valence-electron chi connectivity index (χ2n) is 9.05. The number of carbonyl (C=O) groups is 2. The maximum absolute atomic E-state index is 13.3. The van der Waals surface area contributed by atoms with Crippen LogP contribution in [0.1, 0.15) is 64.7 Å². The van der Waals surface area contributed by atoms with Crippen molar-refractivity contribution in [2.45, 2.75) is 69.6 Å². The Morgan fingerprint density at radius 1 is 1.03 bits per heavy atom. The van der Waals surface area contributed by atoms with Crippen LogP contribution >= 0.6 is 0 Å². The number of Topliss-reactive ketones (excluding diaryl/α,β-unsaturated/α-hetero) is 1. The van der Waals surface area contributed by atoms with E-state index < -0.39 is 10.0 Å². The standard InChI is InChI=1S/C25H32N2O5S/c1-17-15-20(19-9-5-6-10-22(28)24(17)19)25(29)26-21-16-18(11-12-23(21)32-2)33(30,31)27-13-7-3-4-8-14-27/h11-12,16H,3-10,13-15H2,1-2H3,(H,26,29). The third kappa shape index (κ3) is 4.77. The Balaban J connectivity index is 1.63. The van der Waals surface area contributed by atoms with Gasteiger partial charge in [0.1, 0.15) is 5.75 Å². The highest BCUT2D eigenvalue weighted by molar-refractivity contribution is 7.89. The molecule has 3 aliphatic rings. The van der Waals surface area contributed by atoms with Crippen LogP contribution in [-0.4, -0.2) is 44.6 Å². The van der Waals surface area contributed by atoms with Gasteiger partial charge in [-0.1, -0.05) is 18.4 Å². The van der Waals surface area contributed by atoms with E-state index in [1.54, 1.807) is 6.07 Å². The van der Waals surface area contributed by atoms with Crippen molar-refractivity contribution in [3.8, 4) is 5.75 Å². The Labute approximate surface area is 195 Å². The van der Waals surface area contributed by atoms with Crippen molar-refractivity contribution < 1.29 is 22.7 Å². The van der Waals surface area contributed by atoms with Crippen LogP contribution in [0.15, 0.2) is 45.4 Å². The monoisotopic (exact) mass is 472 g/mol. The van der Waals surface area contributed by atoms with Crippen molar-refractivity contribution in [2.75, 3.05) is 25.5 Å². The van der Waals surface area contributed by atoms with Gasteiger partial charge in [-0.2, -0.15) is 4.31 Å². The van der Waals surface area contributed by atoms with Crippen LogP contribution in [0, 0.1) is 0 Å². The first kappa shape index (κ1) is 23.7. The molecule has 2 fully saturated rings. The van der Waals surface area contributed by atoms with Crippen LogP contribution in [-0.2, 0) is 19.6 Å². The molecule has 0 aromatic heterocycles. The largest absolute Gasteiger partial charge is 0.495 e. The van der Waals surface area contributed by atoms with Crippen molar-refractivity contribution >= 4 is 27.4 Å². The number of rotatable bonds is 5. The molecule has 0 bridgehead atoms. The number of anilines is 1. The van der Waals surface area contributed by atoms with Crippen molar-refractivity contribution in [1.29, 1.82) is 0 Å². The number of nitrogens with zero attached hydrogens (tertiary/aromatic N) is 1. The predicted molar refractivity (Wildman–Crippen MR) is 127 cm³/mol. The number of fused-ring (bicyclic) bond motifs is 1. The number of nitrogens with one attached hydrogen (secondary N) is 1. The lowest BCUT2D eigenvalue weighted by Gasteiger charge is -2.21. The third-order valence-corrected chi connectivity index (χ3v) is 8.68. The smallest absolute Gasteiger partial charge is 0.252 e. The van der Waals surface area contributed by atoms with Crippen LogP contribution in [0.5, 0.6) is 5.75 Å².